The first-order valence-electron chi connectivity index (χ1n) is 5.17. The summed E-state index contributed by atoms with van der Waals surface area (Å²) in [5.74, 6) is 1.09. The predicted octanol–water partition coefficient (Wildman–Crippen LogP) is 3.06. The first-order valence-corrected chi connectivity index (χ1v) is 5.58. The Balaban J connectivity index is 2.54. The summed E-state index contributed by atoms with van der Waals surface area (Å²) >= 11 is 5.26. The van der Waals surface area contributed by atoms with Gasteiger partial charge >= 0.3 is 0 Å². The van der Waals surface area contributed by atoms with Gasteiger partial charge in [0.2, 0.25) is 0 Å². The number of H-pyrrole nitrogens is 1. The lowest BCUT2D eigenvalue weighted by molar-refractivity contribution is 0.692. The molecule has 1 aromatic heterocycles. The normalized spacial score (nSPS) is 18.2. The van der Waals surface area contributed by atoms with E-state index in [-0.39, 0.29) is 5.41 Å². The fourth-order valence-corrected chi connectivity index (χ4v) is 1.86. The van der Waals surface area contributed by atoms with Crippen LogP contribution >= 0.6 is 12.2 Å². The second-order valence-electron chi connectivity index (χ2n) is 4.41. The minimum absolute atomic E-state index is 0.283. The van der Waals surface area contributed by atoms with Crippen molar-refractivity contribution in [3.05, 3.63) is 21.7 Å². The van der Waals surface area contributed by atoms with Crippen LogP contribution in [0.25, 0.3) is 0 Å². The molecule has 0 aliphatic heterocycles. The number of aromatic amines is 1. The lowest BCUT2D eigenvalue weighted by Crippen LogP contribution is -2.10. The van der Waals surface area contributed by atoms with Crippen LogP contribution < -0.4 is 0 Å². The molecule has 1 saturated carbocycles. The maximum absolute atomic E-state index is 5.26. The molecule has 1 heterocycles. The van der Waals surface area contributed by atoms with Crippen LogP contribution in [0.15, 0.2) is 0 Å². The molecule has 3 heteroatoms. The highest BCUT2D eigenvalue weighted by molar-refractivity contribution is 7.71. The lowest BCUT2D eigenvalue weighted by Gasteiger charge is -2.11. The molecular formula is C11H16N2S. The van der Waals surface area contributed by atoms with Crippen LogP contribution in [0.3, 0.4) is 0 Å². The molecule has 0 spiro atoms. The van der Waals surface area contributed by atoms with E-state index in [1.165, 1.54) is 18.5 Å². The van der Waals surface area contributed by atoms with Crippen molar-refractivity contribution in [1.82, 2.24) is 9.97 Å². The smallest absolute Gasteiger partial charge is 0.132 e. The second kappa shape index (κ2) is 3.16. The topological polar surface area (TPSA) is 28.7 Å². The number of nitrogens with one attached hydrogen (secondary N) is 1. The monoisotopic (exact) mass is 208 g/mol. The highest BCUT2D eigenvalue weighted by Gasteiger charge is 2.41. The van der Waals surface area contributed by atoms with Crippen LogP contribution in [-0.4, -0.2) is 9.97 Å². The van der Waals surface area contributed by atoms with E-state index < -0.39 is 0 Å². The fourth-order valence-electron chi connectivity index (χ4n) is 1.64. The van der Waals surface area contributed by atoms with E-state index in [0.717, 1.165) is 22.4 Å². The molecule has 0 bridgehead atoms. The molecule has 0 unspecified atom stereocenters. The zero-order chi connectivity index (χ0) is 10.3. The highest BCUT2D eigenvalue weighted by atomic mass is 32.1. The summed E-state index contributed by atoms with van der Waals surface area (Å²) in [5, 5.41) is 0. The second-order valence-corrected chi connectivity index (χ2v) is 4.80. The van der Waals surface area contributed by atoms with Gasteiger partial charge in [-0.2, -0.15) is 0 Å². The van der Waals surface area contributed by atoms with Crippen LogP contribution in [0, 0.1) is 11.6 Å². The highest BCUT2D eigenvalue weighted by Crippen LogP contribution is 2.45. The zero-order valence-electron chi connectivity index (χ0n) is 8.98. The van der Waals surface area contributed by atoms with Crippen molar-refractivity contribution >= 4 is 12.2 Å². The summed E-state index contributed by atoms with van der Waals surface area (Å²) in [5.41, 5.74) is 2.66. The molecule has 0 radical (unpaired) electrons. The molecule has 0 amide bonds. The number of rotatable bonds is 2. The summed E-state index contributed by atoms with van der Waals surface area (Å²) in [6.45, 7) is 6.44. The van der Waals surface area contributed by atoms with Crippen molar-refractivity contribution in [2.45, 2.75) is 45.4 Å². The Morgan fingerprint density at radius 2 is 2.14 bits per heavy atom. The van der Waals surface area contributed by atoms with Gasteiger partial charge < -0.3 is 4.98 Å². The Bertz CT molecular complexity index is 416. The Labute approximate surface area is 89.8 Å². The molecular weight excluding hydrogens is 192 g/mol. The fraction of sp³-hybridized carbons (Fsp3) is 0.636. The standard InChI is InChI=1S/C11H16N2S/c1-4-8-7(2)9(14)13-10(12-8)11(3)5-6-11/h4-6H2,1-3H3,(H,12,13,14). The SMILES string of the molecule is CCc1[nH]c(C2(C)CC2)nc(=S)c1C. The number of aryl methyl sites for hydroxylation is 1. The first-order chi connectivity index (χ1) is 6.57. The number of aromatic nitrogens is 2. The molecule has 0 saturated heterocycles. The third kappa shape index (κ3) is 1.50. The largest absolute Gasteiger partial charge is 0.346 e. The maximum atomic E-state index is 5.26. The van der Waals surface area contributed by atoms with Crippen molar-refractivity contribution < 1.29 is 0 Å². The lowest BCUT2D eigenvalue weighted by atomic mass is 10.1. The number of hydrogen-bond acceptors (Lipinski definition) is 2. The minimum atomic E-state index is 0.283. The molecule has 2 nitrogen and oxygen atoms in total. The average molecular weight is 208 g/mol. The van der Waals surface area contributed by atoms with Crippen molar-refractivity contribution in [1.29, 1.82) is 0 Å². The van der Waals surface area contributed by atoms with Crippen LogP contribution in [-0.2, 0) is 11.8 Å². The molecule has 0 aromatic carbocycles. The number of hydrogen-bond donors (Lipinski definition) is 1. The van der Waals surface area contributed by atoms with Crippen LogP contribution in [0.2, 0.25) is 0 Å². The Morgan fingerprint density at radius 3 is 2.64 bits per heavy atom. The zero-order valence-corrected chi connectivity index (χ0v) is 9.79. The molecule has 0 atom stereocenters. The van der Waals surface area contributed by atoms with E-state index in [1.807, 2.05) is 6.92 Å². The average Bonchev–Trinajstić information content (AvgIpc) is 2.89. The molecule has 1 aliphatic carbocycles. The van der Waals surface area contributed by atoms with Gasteiger partial charge in [0, 0.05) is 16.7 Å². The molecule has 2 rings (SSSR count). The number of nitrogens with zero attached hydrogens (tertiary/aromatic N) is 1. The van der Waals surface area contributed by atoms with E-state index in [0.29, 0.717) is 0 Å². The van der Waals surface area contributed by atoms with E-state index in [2.05, 4.69) is 23.8 Å². The van der Waals surface area contributed by atoms with Gasteiger partial charge in [-0.05, 0) is 26.2 Å². The van der Waals surface area contributed by atoms with Crippen molar-refractivity contribution in [3.63, 3.8) is 0 Å². The van der Waals surface area contributed by atoms with Crippen LogP contribution in [0.5, 0.6) is 0 Å². The van der Waals surface area contributed by atoms with Gasteiger partial charge in [-0.15, -0.1) is 0 Å². The van der Waals surface area contributed by atoms with Gasteiger partial charge in [0.15, 0.2) is 0 Å². The third-order valence-electron chi connectivity index (χ3n) is 3.18. The Hall–Kier alpha value is -0.700. The summed E-state index contributed by atoms with van der Waals surface area (Å²) in [7, 11) is 0. The van der Waals surface area contributed by atoms with Gasteiger partial charge in [0.25, 0.3) is 0 Å². The molecule has 1 aromatic rings. The molecule has 76 valence electrons. The molecule has 1 aliphatic rings. The molecule has 14 heavy (non-hydrogen) atoms. The molecule has 1 N–H and O–H groups in total. The minimum Gasteiger partial charge on any atom is -0.346 e. The summed E-state index contributed by atoms with van der Waals surface area (Å²) in [6.07, 6.45) is 3.47. The van der Waals surface area contributed by atoms with E-state index in [9.17, 15) is 0 Å². The summed E-state index contributed by atoms with van der Waals surface area (Å²) < 4.78 is 0.767. The van der Waals surface area contributed by atoms with Gasteiger partial charge in [-0.3, -0.25) is 0 Å². The van der Waals surface area contributed by atoms with Gasteiger partial charge in [0.05, 0.1) is 0 Å². The van der Waals surface area contributed by atoms with Gasteiger partial charge in [-0.25, -0.2) is 4.98 Å². The first kappa shape index (κ1) is 9.84. The predicted molar refractivity (Wildman–Crippen MR) is 60.1 cm³/mol. The van der Waals surface area contributed by atoms with Crippen molar-refractivity contribution in [2.24, 2.45) is 0 Å². The van der Waals surface area contributed by atoms with E-state index in [4.69, 9.17) is 12.2 Å². The van der Waals surface area contributed by atoms with E-state index >= 15 is 0 Å². The van der Waals surface area contributed by atoms with Gasteiger partial charge in [-0.1, -0.05) is 26.1 Å². The quantitative estimate of drug-likeness (QED) is 0.757. The summed E-state index contributed by atoms with van der Waals surface area (Å²) in [4.78, 5) is 7.90. The maximum Gasteiger partial charge on any atom is 0.132 e. The van der Waals surface area contributed by atoms with Crippen LogP contribution in [0.4, 0.5) is 0 Å². The van der Waals surface area contributed by atoms with Crippen molar-refractivity contribution in [3.8, 4) is 0 Å². The molecule has 1 fully saturated rings. The Kier molecular flexibility index (Phi) is 2.22. The van der Waals surface area contributed by atoms with Gasteiger partial charge in [0.1, 0.15) is 10.5 Å². The van der Waals surface area contributed by atoms with E-state index in [1.54, 1.807) is 0 Å². The summed E-state index contributed by atoms with van der Waals surface area (Å²) in [6, 6.07) is 0. The van der Waals surface area contributed by atoms with Crippen molar-refractivity contribution in [2.75, 3.05) is 0 Å². The Morgan fingerprint density at radius 1 is 1.50 bits per heavy atom. The van der Waals surface area contributed by atoms with Crippen LogP contribution in [0.1, 0.15) is 43.8 Å². The third-order valence-corrected chi connectivity index (χ3v) is 3.58.